The molecule has 5 heterocycles. The summed E-state index contributed by atoms with van der Waals surface area (Å²) in [6, 6.07) is 2.30. The van der Waals surface area contributed by atoms with E-state index in [1.807, 2.05) is 10.2 Å². The second-order valence-electron chi connectivity index (χ2n) is 13.3. The lowest BCUT2D eigenvalue weighted by atomic mass is 9.94. The van der Waals surface area contributed by atoms with Gasteiger partial charge < -0.3 is 30.3 Å². The van der Waals surface area contributed by atoms with E-state index in [0.29, 0.717) is 55.2 Å². The summed E-state index contributed by atoms with van der Waals surface area (Å²) in [5.41, 5.74) is 5.51. The number of hydrogen-bond acceptors (Lipinski definition) is 9. The van der Waals surface area contributed by atoms with E-state index in [1.54, 1.807) is 0 Å². The first-order valence-electron chi connectivity index (χ1n) is 16.1. The number of carbonyl (C=O) groups excluding carboxylic acids is 1. The highest BCUT2D eigenvalue weighted by molar-refractivity contribution is 6.58. The zero-order valence-corrected chi connectivity index (χ0v) is 28.7. The minimum Gasteiger partial charge on any atom is -0.461 e. The van der Waals surface area contributed by atoms with E-state index >= 15 is 0 Å². The molecule has 266 valence electrons. The molecule has 0 aliphatic carbocycles. The summed E-state index contributed by atoms with van der Waals surface area (Å²) in [5.74, 6) is -0.0997. The first-order valence-corrected chi connectivity index (χ1v) is 16.9. The topological polar surface area (TPSA) is 138 Å². The van der Waals surface area contributed by atoms with Crippen LogP contribution in [0.2, 0.25) is 5.02 Å². The number of benzene rings is 1. The van der Waals surface area contributed by atoms with Crippen LogP contribution in [0.5, 0.6) is 6.01 Å². The molecule has 1 aromatic heterocycles. The number of aromatic nitrogens is 2. The number of nitrogen functional groups attached to an aromatic ring is 1. The highest BCUT2D eigenvalue weighted by Gasteiger charge is 2.49. The molecule has 0 spiro atoms. The third kappa shape index (κ3) is 7.18. The average molecular weight is 731 g/mol. The molecule has 3 saturated heterocycles. The molecule has 3 atom stereocenters. The van der Waals surface area contributed by atoms with Gasteiger partial charge in [0.15, 0.2) is 0 Å². The number of fused-ring (bicyclic) bond motifs is 2. The molecule has 11 nitrogen and oxygen atoms in total. The van der Waals surface area contributed by atoms with E-state index < -0.39 is 40.5 Å². The van der Waals surface area contributed by atoms with Gasteiger partial charge in [-0.25, -0.2) is 4.39 Å². The van der Waals surface area contributed by atoms with E-state index in [4.69, 9.17) is 53.8 Å². The lowest BCUT2D eigenvalue weighted by Gasteiger charge is -2.33. The maximum Gasteiger partial charge on any atom is 0.418 e. The van der Waals surface area contributed by atoms with Crippen LogP contribution in [0.3, 0.4) is 0 Å². The summed E-state index contributed by atoms with van der Waals surface area (Å²) >= 11 is 12.7. The fraction of sp³-hybridized carbons (Fsp3) is 0.562. The largest absolute Gasteiger partial charge is 0.461 e. The number of ether oxygens (including phenoxy) is 2. The number of nitrogens with zero attached hydrogens (tertiary/aromatic N) is 5. The fourth-order valence-electron chi connectivity index (χ4n) is 7.33. The van der Waals surface area contributed by atoms with Gasteiger partial charge in [0.25, 0.3) is 5.91 Å². The van der Waals surface area contributed by atoms with Crippen molar-refractivity contribution in [3.05, 3.63) is 50.3 Å². The highest BCUT2D eigenvalue weighted by atomic mass is 35.5. The Labute approximate surface area is 291 Å². The molecular formula is C32H39Cl2F4N8O3+. The lowest BCUT2D eigenvalue weighted by Crippen LogP contribution is -2.83. The number of anilines is 2. The molecule has 2 aromatic rings. The molecule has 17 heteroatoms. The molecule has 0 saturated carbocycles. The van der Waals surface area contributed by atoms with Gasteiger partial charge >= 0.3 is 12.2 Å². The van der Waals surface area contributed by atoms with Crippen LogP contribution in [-0.4, -0.2) is 96.5 Å². The van der Waals surface area contributed by atoms with Crippen LogP contribution in [0.25, 0.3) is 0 Å². The maximum atomic E-state index is 14.5. The first-order chi connectivity index (χ1) is 23.2. The molecule has 4 aliphatic rings. The molecule has 0 radical (unpaired) electrons. The van der Waals surface area contributed by atoms with E-state index in [2.05, 4.69) is 4.90 Å². The smallest absolute Gasteiger partial charge is 0.418 e. The summed E-state index contributed by atoms with van der Waals surface area (Å²) < 4.78 is 69.5. The van der Waals surface area contributed by atoms with Gasteiger partial charge in [-0.1, -0.05) is 23.2 Å². The normalized spacial score (nSPS) is 25.4. The molecule has 6 rings (SSSR count). The Bertz CT molecular complexity index is 1680. The molecule has 0 unspecified atom stereocenters. The fourth-order valence-corrected chi connectivity index (χ4v) is 7.89. The molecule has 3 fully saturated rings. The number of carbonyl (C=O) groups is 1. The van der Waals surface area contributed by atoms with Crippen molar-refractivity contribution in [3.8, 4) is 6.01 Å². The number of halogens is 6. The number of alkyl halides is 4. The Morgan fingerprint density at radius 2 is 2.04 bits per heavy atom. The maximum absolute atomic E-state index is 14.5. The standard InChI is InChI=1S/C32H38Cl2F4N8O3/c1-44(2)29(47)27(40)26(34)23-14-45(7-4-6-41-23)28-20-15-48-24(19-9-18(39)10-21(33)25(19)32(36,37)38)11-22(20)42-30(43-28)49-16-31-5-3-8-46(31)13-17(35)12-31/h9-10,17,24,40-41H,3-8,11-16,39H2,1-2H3/p+1/b26-23+,40-27?/t17-,24+,31+/m1/s1. The van der Waals surface area contributed by atoms with Crippen LogP contribution in [0.15, 0.2) is 22.9 Å². The molecular weight excluding hydrogens is 691 g/mol. The zero-order chi connectivity index (χ0) is 35.2. The summed E-state index contributed by atoms with van der Waals surface area (Å²) in [4.78, 5) is 27.3. The van der Waals surface area contributed by atoms with E-state index in [0.717, 1.165) is 25.5 Å². The molecule has 0 bridgehead atoms. The molecule has 49 heavy (non-hydrogen) atoms. The minimum atomic E-state index is -4.76. The van der Waals surface area contributed by atoms with Crippen molar-refractivity contribution < 1.29 is 37.1 Å². The molecule has 1 aromatic carbocycles. The second kappa shape index (κ2) is 13.8. The van der Waals surface area contributed by atoms with Gasteiger partial charge in [0, 0.05) is 57.7 Å². The molecule has 1 amide bonds. The van der Waals surface area contributed by atoms with Crippen molar-refractivity contribution >= 4 is 46.3 Å². The van der Waals surface area contributed by atoms with Crippen LogP contribution in [0.4, 0.5) is 29.1 Å². The van der Waals surface area contributed by atoms with Crippen LogP contribution < -0.4 is 20.7 Å². The number of rotatable bonds is 7. The van der Waals surface area contributed by atoms with Gasteiger partial charge in [-0.15, -0.1) is 0 Å². The van der Waals surface area contributed by atoms with Gasteiger partial charge in [0.2, 0.25) is 0 Å². The van der Waals surface area contributed by atoms with Gasteiger partial charge in [0.1, 0.15) is 35.0 Å². The molecule has 4 aliphatic heterocycles. The quantitative estimate of drug-likeness (QED) is 0.222. The average Bonchev–Trinajstić information content (AvgIpc) is 3.44. The van der Waals surface area contributed by atoms with Crippen molar-refractivity contribution in [1.82, 2.24) is 19.8 Å². The van der Waals surface area contributed by atoms with Crippen molar-refractivity contribution in [2.75, 3.05) is 64.1 Å². The summed E-state index contributed by atoms with van der Waals surface area (Å²) in [6.07, 6.45) is -4.15. The van der Waals surface area contributed by atoms with Gasteiger partial charge in [-0.2, -0.15) is 23.1 Å². The number of nitrogens with one attached hydrogen (secondary N) is 1. The third-order valence-electron chi connectivity index (χ3n) is 9.67. The minimum absolute atomic E-state index is 0.0139. The summed E-state index contributed by atoms with van der Waals surface area (Å²) in [5, 5.41) is 9.76. The highest BCUT2D eigenvalue weighted by Crippen LogP contribution is 2.45. The van der Waals surface area contributed by atoms with Crippen LogP contribution in [-0.2, 0) is 28.7 Å². The van der Waals surface area contributed by atoms with Crippen molar-refractivity contribution in [2.24, 2.45) is 0 Å². The predicted molar refractivity (Wildman–Crippen MR) is 176 cm³/mol. The summed E-state index contributed by atoms with van der Waals surface area (Å²) in [7, 11) is 3.08. The number of quaternary nitrogens is 1. The summed E-state index contributed by atoms with van der Waals surface area (Å²) in [6.45, 7) is 2.48. The SMILES string of the molecule is CN(C)C(=O)C(=N)/C(Cl)=C1/CN(c2nc(OC[C@@]34CCCN3C[C@H](F)C4)nc3c2CO[C@H](c2cc(N)cc(Cl)c2C(F)(F)F)C3)CCC[NH2+]1. The Kier molecular flexibility index (Phi) is 10.0. The lowest BCUT2D eigenvalue weighted by molar-refractivity contribution is -0.605. The van der Waals surface area contributed by atoms with Gasteiger partial charge in [-0.3, -0.25) is 15.1 Å². The molecule has 5 N–H and O–H groups in total. The van der Waals surface area contributed by atoms with Crippen molar-refractivity contribution in [1.29, 1.82) is 5.41 Å². The Morgan fingerprint density at radius 3 is 2.78 bits per heavy atom. The Hall–Kier alpha value is -3.24. The van der Waals surface area contributed by atoms with E-state index in [9.17, 15) is 22.4 Å². The second-order valence-corrected chi connectivity index (χ2v) is 14.1. The predicted octanol–water partition coefficient (Wildman–Crippen LogP) is 3.83. The van der Waals surface area contributed by atoms with Crippen molar-refractivity contribution in [3.63, 3.8) is 0 Å². The number of hydrogen-bond donors (Lipinski definition) is 3. The Morgan fingerprint density at radius 1 is 1.27 bits per heavy atom. The number of amides is 1. The third-order valence-corrected chi connectivity index (χ3v) is 10.4. The van der Waals surface area contributed by atoms with E-state index in [-0.39, 0.29) is 54.2 Å². The number of nitrogens with two attached hydrogens (primary N) is 2. The van der Waals surface area contributed by atoms with Crippen molar-refractivity contribution in [2.45, 2.75) is 62.7 Å². The van der Waals surface area contributed by atoms with Crippen LogP contribution in [0.1, 0.15) is 54.2 Å². The Balaban J connectivity index is 1.38. The van der Waals surface area contributed by atoms with Gasteiger partial charge in [0.05, 0.1) is 47.6 Å². The first kappa shape index (κ1) is 35.6. The monoisotopic (exact) mass is 729 g/mol. The van der Waals surface area contributed by atoms with E-state index in [1.165, 1.54) is 25.1 Å². The van der Waals surface area contributed by atoms with Gasteiger partial charge in [-0.05, 0) is 37.1 Å². The zero-order valence-electron chi connectivity index (χ0n) is 27.2. The van der Waals surface area contributed by atoms with Crippen LogP contribution in [0, 0.1) is 5.41 Å². The van der Waals surface area contributed by atoms with Crippen LogP contribution >= 0.6 is 23.2 Å².